The molecule has 12 nitrogen and oxygen atoms in total. The fourth-order valence-electron chi connectivity index (χ4n) is 6.64. The molecule has 16 heteroatoms. The Morgan fingerprint density at radius 2 is 1.67 bits per heavy atom. The third-order valence-electron chi connectivity index (χ3n) is 8.97. The number of carbonyl (C=O) groups is 2. The topological polar surface area (TPSA) is 134 Å². The Bertz CT molecular complexity index is 2140. The van der Waals surface area contributed by atoms with Crippen LogP contribution in [0.3, 0.4) is 0 Å². The lowest BCUT2D eigenvalue weighted by atomic mass is 10.0. The van der Waals surface area contributed by atoms with E-state index in [1.807, 2.05) is 0 Å². The summed E-state index contributed by atoms with van der Waals surface area (Å²) in [7, 11) is 0. The van der Waals surface area contributed by atoms with Crippen molar-refractivity contribution in [2.45, 2.75) is 83.8 Å². The van der Waals surface area contributed by atoms with Crippen molar-refractivity contribution in [3.8, 4) is 23.3 Å². The first kappa shape index (κ1) is 38.6. The highest BCUT2D eigenvalue weighted by molar-refractivity contribution is 6.36. The Kier molecular flexibility index (Phi) is 10.7. The first-order chi connectivity index (χ1) is 25.4. The molecule has 2 aromatic heterocycles. The highest BCUT2D eigenvalue weighted by Crippen LogP contribution is 2.39. The van der Waals surface area contributed by atoms with Gasteiger partial charge >= 0.3 is 18.2 Å². The molecule has 0 spiro atoms. The van der Waals surface area contributed by atoms with Gasteiger partial charge in [-0.15, -0.1) is 0 Å². The number of carbonyl (C=O) groups excluding carboxylic acids is 2. The highest BCUT2D eigenvalue weighted by Gasteiger charge is 2.39. The summed E-state index contributed by atoms with van der Waals surface area (Å²) in [5.74, 6) is -1.34. The van der Waals surface area contributed by atoms with Gasteiger partial charge < -0.3 is 24.0 Å². The predicted octanol–water partition coefficient (Wildman–Crippen LogP) is 7.84. The number of amides is 2. The molecule has 3 atom stereocenters. The minimum atomic E-state index is -1.32. The first-order valence-corrected chi connectivity index (χ1v) is 17.9. The van der Waals surface area contributed by atoms with Gasteiger partial charge in [0.15, 0.2) is 5.82 Å². The van der Waals surface area contributed by atoms with Crippen molar-refractivity contribution >= 4 is 51.3 Å². The molecule has 6 rings (SSSR count). The normalized spacial score (nSPS) is 19.3. The number of aromatic nitrogens is 3. The molecule has 4 aromatic rings. The van der Waals surface area contributed by atoms with Crippen LogP contribution in [0.4, 0.5) is 28.6 Å². The molecule has 2 aliphatic heterocycles. The largest absolute Gasteiger partial charge is 0.461 e. The highest BCUT2D eigenvalue weighted by atomic mass is 35.5. The fourth-order valence-corrected chi connectivity index (χ4v) is 6.92. The Morgan fingerprint density at radius 3 is 2.35 bits per heavy atom. The number of hydrogen-bond acceptors (Lipinski definition) is 10. The first-order valence-electron chi connectivity index (χ1n) is 17.6. The van der Waals surface area contributed by atoms with Gasteiger partial charge in [-0.05, 0) is 53.0 Å². The molecule has 54 heavy (non-hydrogen) atoms. The quantitative estimate of drug-likeness (QED) is 0.191. The molecule has 286 valence electrons. The summed E-state index contributed by atoms with van der Waals surface area (Å²) in [4.78, 5) is 44.1. The van der Waals surface area contributed by atoms with Gasteiger partial charge in [-0.1, -0.05) is 35.9 Å². The molecule has 2 amide bonds. The average Bonchev–Trinajstić information content (AvgIpc) is 3.48. The van der Waals surface area contributed by atoms with E-state index in [2.05, 4.69) is 21.0 Å². The molecule has 0 bridgehead atoms. The van der Waals surface area contributed by atoms with Gasteiger partial charge in [0.1, 0.15) is 46.8 Å². The molecule has 0 N–H and O–H groups in total. The lowest BCUT2D eigenvalue weighted by Crippen LogP contribution is -2.56. The molecule has 2 aromatic carbocycles. The van der Waals surface area contributed by atoms with Crippen LogP contribution in [-0.4, -0.2) is 99.2 Å². The maximum Gasteiger partial charge on any atom is 0.410 e. The molecule has 2 saturated heterocycles. The summed E-state index contributed by atoms with van der Waals surface area (Å²) < 4.78 is 63.3. The van der Waals surface area contributed by atoms with E-state index in [4.69, 9.17) is 25.8 Å². The minimum absolute atomic E-state index is 0.0240. The van der Waals surface area contributed by atoms with Gasteiger partial charge in [0.2, 0.25) is 0 Å². The molecular formula is C38H41ClF3N7O5. The number of nitrogens with zero attached hydrogens (tertiary/aromatic N) is 7. The molecule has 2 fully saturated rings. The third-order valence-corrected chi connectivity index (χ3v) is 9.34. The van der Waals surface area contributed by atoms with Crippen molar-refractivity contribution < 1.29 is 37.0 Å². The maximum atomic E-state index is 16.9. The van der Waals surface area contributed by atoms with Crippen molar-refractivity contribution in [3.05, 3.63) is 53.2 Å². The van der Waals surface area contributed by atoms with Crippen molar-refractivity contribution in [2.24, 2.45) is 0 Å². The van der Waals surface area contributed by atoms with Crippen LogP contribution < -0.4 is 9.64 Å². The second-order valence-corrected chi connectivity index (χ2v) is 15.7. The van der Waals surface area contributed by atoms with Crippen molar-refractivity contribution in [1.29, 1.82) is 5.26 Å². The number of likely N-dealkylation sites (tertiary alicyclic amines) is 1. The zero-order valence-electron chi connectivity index (χ0n) is 30.8. The number of pyridine rings is 1. The Balaban J connectivity index is 1.42. The fraction of sp³-hybridized carbons (Fsp3) is 0.474. The Morgan fingerprint density at radius 1 is 0.963 bits per heavy atom. The predicted molar refractivity (Wildman–Crippen MR) is 196 cm³/mol. The van der Waals surface area contributed by atoms with Crippen LogP contribution >= 0.6 is 11.6 Å². The van der Waals surface area contributed by atoms with Crippen LogP contribution in [0.5, 0.6) is 6.01 Å². The molecule has 2 aliphatic rings. The summed E-state index contributed by atoms with van der Waals surface area (Å²) in [5, 5.41) is 10.5. The minimum Gasteiger partial charge on any atom is -0.461 e. The summed E-state index contributed by atoms with van der Waals surface area (Å²) >= 11 is 6.39. The van der Waals surface area contributed by atoms with E-state index in [-0.39, 0.29) is 90.0 Å². The van der Waals surface area contributed by atoms with Gasteiger partial charge in [0.05, 0.1) is 41.5 Å². The SMILES string of the molecule is CC(C)(C)OC(=O)N1CCN(c2nc(OC[C@@H]3C[C@@H](F)CN3C(=O)OC(C)(C)C)nc3c(F)c(-c4cccc5ccc(F)c(Cl)c45)ncc23)C[C@@H]1CC#N. The number of rotatable bonds is 6. The van der Waals surface area contributed by atoms with Crippen LogP contribution in [0.25, 0.3) is 32.9 Å². The lowest BCUT2D eigenvalue weighted by Gasteiger charge is -2.41. The van der Waals surface area contributed by atoms with Crippen molar-refractivity contribution in [1.82, 2.24) is 24.8 Å². The van der Waals surface area contributed by atoms with E-state index in [0.717, 1.165) is 0 Å². The average molecular weight is 768 g/mol. The standard InChI is InChI=1S/C38H41ClF3N7O5/c1-37(2,3)53-35(50)48-15-14-47(19-23(48)12-13-43)33-26-17-44-31(25-9-7-8-21-10-11-27(41)29(39)28(21)25)30(42)32(26)45-34(46-33)52-20-24-16-22(40)18-49(24)36(51)54-38(4,5)6/h7-11,17,22-24H,12,14-16,18-20H2,1-6H3/t22-,23+,24+/m1/s1. The van der Waals surface area contributed by atoms with Crippen LogP contribution in [0.15, 0.2) is 36.5 Å². The maximum absolute atomic E-state index is 16.9. The van der Waals surface area contributed by atoms with Gasteiger partial charge in [0, 0.05) is 43.2 Å². The summed E-state index contributed by atoms with van der Waals surface area (Å²) in [6.45, 7) is 10.4. The number of ether oxygens (including phenoxy) is 3. The number of piperazine rings is 1. The van der Waals surface area contributed by atoms with Crippen LogP contribution in [0, 0.1) is 23.0 Å². The zero-order valence-corrected chi connectivity index (χ0v) is 31.6. The molecule has 0 saturated carbocycles. The summed E-state index contributed by atoms with van der Waals surface area (Å²) in [6, 6.07) is 8.24. The van der Waals surface area contributed by atoms with E-state index in [1.54, 1.807) is 64.6 Å². The number of fused-ring (bicyclic) bond motifs is 2. The lowest BCUT2D eigenvalue weighted by molar-refractivity contribution is 0.0143. The smallest absolute Gasteiger partial charge is 0.410 e. The number of alkyl halides is 1. The zero-order chi connectivity index (χ0) is 39.1. The van der Waals surface area contributed by atoms with E-state index < -0.39 is 53.3 Å². The molecular weight excluding hydrogens is 727 g/mol. The van der Waals surface area contributed by atoms with E-state index in [0.29, 0.717) is 5.39 Å². The number of halogens is 4. The Hall–Kier alpha value is -5.10. The Labute approximate surface area is 315 Å². The third kappa shape index (κ3) is 8.18. The number of benzene rings is 2. The second-order valence-electron chi connectivity index (χ2n) is 15.3. The van der Waals surface area contributed by atoms with Crippen molar-refractivity contribution in [3.63, 3.8) is 0 Å². The number of nitriles is 1. The van der Waals surface area contributed by atoms with E-state index in [9.17, 15) is 23.6 Å². The number of hydrogen-bond donors (Lipinski definition) is 0. The second kappa shape index (κ2) is 15.0. The molecule has 0 unspecified atom stereocenters. The van der Waals surface area contributed by atoms with Gasteiger partial charge in [-0.25, -0.2) is 22.8 Å². The van der Waals surface area contributed by atoms with Gasteiger partial charge in [-0.3, -0.25) is 9.88 Å². The van der Waals surface area contributed by atoms with E-state index >= 15 is 4.39 Å². The summed E-state index contributed by atoms with van der Waals surface area (Å²) in [5.41, 5.74) is -1.68. The van der Waals surface area contributed by atoms with Gasteiger partial charge in [0.25, 0.3) is 0 Å². The monoisotopic (exact) mass is 767 g/mol. The summed E-state index contributed by atoms with van der Waals surface area (Å²) in [6.07, 6.45) is -1.24. The van der Waals surface area contributed by atoms with Crippen LogP contribution in [-0.2, 0) is 9.47 Å². The van der Waals surface area contributed by atoms with Crippen LogP contribution in [0.1, 0.15) is 54.4 Å². The molecule has 0 radical (unpaired) electrons. The van der Waals surface area contributed by atoms with Crippen LogP contribution in [0.2, 0.25) is 5.02 Å². The van der Waals surface area contributed by atoms with Gasteiger partial charge in [-0.2, -0.15) is 15.2 Å². The number of anilines is 1. The van der Waals surface area contributed by atoms with Crippen molar-refractivity contribution in [2.75, 3.05) is 37.7 Å². The molecule has 4 heterocycles. The molecule has 0 aliphatic carbocycles. The van der Waals surface area contributed by atoms with E-state index in [1.165, 1.54) is 28.1 Å².